The average Bonchev–Trinajstić information content (AvgIpc) is 3.05. The highest BCUT2D eigenvalue weighted by molar-refractivity contribution is 8.24. The number of hydrogen-bond acceptors (Lipinski definition) is 3. The van der Waals surface area contributed by atoms with E-state index in [1.54, 1.807) is 6.20 Å². The molecule has 0 spiro atoms. The Bertz CT molecular complexity index is 770. The predicted molar refractivity (Wildman–Crippen MR) is 97.6 cm³/mol. The Morgan fingerprint density at radius 3 is 2.61 bits per heavy atom. The molecule has 2 unspecified atom stereocenters. The lowest BCUT2D eigenvalue weighted by molar-refractivity contribution is 0.385. The van der Waals surface area contributed by atoms with Gasteiger partial charge in [0.2, 0.25) is 0 Å². The average molecular weight is 393 g/mol. The molecule has 0 amide bonds. The van der Waals surface area contributed by atoms with Crippen LogP contribution in [0.5, 0.6) is 0 Å². The fourth-order valence-electron chi connectivity index (χ4n) is 2.79. The summed E-state index contributed by atoms with van der Waals surface area (Å²) in [6.07, 6.45) is 3.06. The molecule has 1 N–H and O–H groups in total. The van der Waals surface area contributed by atoms with Crippen LogP contribution in [0.2, 0.25) is 0 Å². The quantitative estimate of drug-likeness (QED) is 0.700. The predicted octanol–water partition coefficient (Wildman–Crippen LogP) is 5.52. The monoisotopic (exact) mass is 391 g/mol. The van der Waals surface area contributed by atoms with Crippen molar-refractivity contribution in [1.82, 2.24) is 9.88 Å². The SMILES string of the molecule is CN(C)CC1CC1c1ccc2[nH]cc(C#N)c2c1.O=P(Cl)(Cl)Cl. The molecule has 1 aromatic heterocycles. The van der Waals surface area contributed by atoms with Crippen LogP contribution in [0.15, 0.2) is 24.4 Å². The summed E-state index contributed by atoms with van der Waals surface area (Å²) in [5.74, 6) is 1.46. The van der Waals surface area contributed by atoms with Crippen molar-refractivity contribution in [3.05, 3.63) is 35.5 Å². The van der Waals surface area contributed by atoms with Gasteiger partial charge in [-0.05, 0) is 83.8 Å². The number of aromatic amines is 1. The van der Waals surface area contributed by atoms with Gasteiger partial charge in [-0.1, -0.05) is 6.07 Å². The molecule has 8 heteroatoms. The van der Waals surface area contributed by atoms with Crippen molar-refractivity contribution in [2.75, 3.05) is 20.6 Å². The summed E-state index contributed by atoms with van der Waals surface area (Å²) in [6, 6.07) is 8.71. The van der Waals surface area contributed by atoms with Gasteiger partial charge < -0.3 is 9.88 Å². The first-order valence-electron chi connectivity index (χ1n) is 7.04. The summed E-state index contributed by atoms with van der Waals surface area (Å²) in [4.78, 5) is 5.39. The van der Waals surface area contributed by atoms with Gasteiger partial charge in [0.1, 0.15) is 6.07 Å². The topological polar surface area (TPSA) is 59.9 Å². The summed E-state index contributed by atoms with van der Waals surface area (Å²) < 4.78 is 9.51. The number of benzene rings is 1. The number of nitrogens with one attached hydrogen (secondary N) is 1. The largest absolute Gasteiger partial charge is 0.360 e. The lowest BCUT2D eigenvalue weighted by Gasteiger charge is -2.08. The van der Waals surface area contributed by atoms with E-state index in [9.17, 15) is 4.57 Å². The first-order valence-corrected chi connectivity index (χ1v) is 11.5. The van der Waals surface area contributed by atoms with Crippen LogP contribution in [0.1, 0.15) is 23.5 Å². The molecule has 1 heterocycles. The molecule has 124 valence electrons. The molecule has 1 saturated carbocycles. The lowest BCUT2D eigenvalue weighted by atomic mass is 10.1. The third-order valence-corrected chi connectivity index (χ3v) is 3.78. The number of rotatable bonds is 3. The highest BCUT2D eigenvalue weighted by Crippen LogP contribution is 2.61. The van der Waals surface area contributed by atoms with E-state index in [4.69, 9.17) is 5.26 Å². The fraction of sp³-hybridized carbons (Fsp3) is 0.400. The first kappa shape index (κ1) is 18.6. The molecule has 0 aliphatic heterocycles. The van der Waals surface area contributed by atoms with E-state index >= 15 is 0 Å². The van der Waals surface area contributed by atoms with Gasteiger partial charge in [0.25, 0.3) is 0 Å². The molecular formula is C15H17Cl3N3OP. The zero-order chi connectivity index (χ0) is 17.2. The third kappa shape index (κ3) is 5.71. The van der Waals surface area contributed by atoms with Crippen LogP contribution in [0.3, 0.4) is 0 Å². The number of H-pyrrole nitrogens is 1. The number of fused-ring (bicyclic) bond motifs is 1. The van der Waals surface area contributed by atoms with Crippen molar-refractivity contribution in [2.24, 2.45) is 5.92 Å². The highest BCUT2D eigenvalue weighted by atomic mass is 36.0. The Morgan fingerprint density at radius 1 is 1.39 bits per heavy atom. The van der Waals surface area contributed by atoms with Crippen molar-refractivity contribution >= 4 is 49.8 Å². The van der Waals surface area contributed by atoms with E-state index in [0.29, 0.717) is 5.92 Å². The molecule has 23 heavy (non-hydrogen) atoms. The van der Waals surface area contributed by atoms with Gasteiger partial charge in [0, 0.05) is 23.6 Å². The van der Waals surface area contributed by atoms with E-state index in [-0.39, 0.29) is 0 Å². The number of hydrogen-bond donors (Lipinski definition) is 1. The van der Waals surface area contributed by atoms with Crippen LogP contribution in [0.4, 0.5) is 0 Å². The number of aromatic nitrogens is 1. The summed E-state index contributed by atoms with van der Waals surface area (Å²) in [5.41, 5.74) is 3.18. The number of nitrogens with zero attached hydrogens (tertiary/aromatic N) is 2. The van der Waals surface area contributed by atoms with Crippen LogP contribution >= 0.6 is 38.9 Å². The van der Waals surface area contributed by atoms with Crippen LogP contribution in [-0.2, 0) is 4.57 Å². The van der Waals surface area contributed by atoms with E-state index in [1.165, 1.54) is 12.0 Å². The van der Waals surface area contributed by atoms with Crippen LogP contribution in [0.25, 0.3) is 10.9 Å². The second-order valence-corrected chi connectivity index (χ2v) is 12.5. The Kier molecular flexibility index (Phi) is 6.05. The van der Waals surface area contributed by atoms with Gasteiger partial charge >= 0.3 is 5.20 Å². The molecule has 0 saturated heterocycles. The minimum Gasteiger partial charge on any atom is -0.360 e. The van der Waals surface area contributed by atoms with Gasteiger partial charge in [-0.3, -0.25) is 4.57 Å². The lowest BCUT2D eigenvalue weighted by Crippen LogP contribution is -2.15. The minimum absolute atomic E-state index is 0.679. The molecule has 2 atom stereocenters. The molecular weight excluding hydrogens is 376 g/mol. The van der Waals surface area contributed by atoms with Gasteiger partial charge in [-0.2, -0.15) is 5.26 Å². The molecule has 0 radical (unpaired) electrons. The van der Waals surface area contributed by atoms with E-state index in [0.717, 1.165) is 28.9 Å². The zero-order valence-electron chi connectivity index (χ0n) is 12.8. The van der Waals surface area contributed by atoms with Crippen molar-refractivity contribution < 1.29 is 4.57 Å². The fourth-order valence-corrected chi connectivity index (χ4v) is 2.79. The Labute approximate surface area is 150 Å². The molecule has 3 rings (SSSR count). The third-order valence-electron chi connectivity index (χ3n) is 3.78. The van der Waals surface area contributed by atoms with Gasteiger partial charge in [0.05, 0.1) is 5.56 Å². The van der Waals surface area contributed by atoms with Gasteiger partial charge in [0.15, 0.2) is 0 Å². The molecule has 1 fully saturated rings. The Morgan fingerprint density at radius 2 is 2.04 bits per heavy atom. The number of nitriles is 1. The second kappa shape index (κ2) is 7.47. The maximum absolute atomic E-state index is 9.51. The molecule has 1 aromatic carbocycles. The van der Waals surface area contributed by atoms with Gasteiger partial charge in [-0.15, -0.1) is 0 Å². The summed E-state index contributed by atoms with van der Waals surface area (Å²) in [5, 5.41) is 6.90. The van der Waals surface area contributed by atoms with Crippen molar-refractivity contribution in [3.8, 4) is 6.07 Å². The minimum atomic E-state index is -3.22. The van der Waals surface area contributed by atoms with Crippen LogP contribution < -0.4 is 0 Å². The van der Waals surface area contributed by atoms with Crippen LogP contribution in [0, 0.1) is 17.2 Å². The standard InChI is InChI=1S/C15H17N3.Cl3OP/c1-18(2)9-11-6-13(11)10-3-4-15-14(5-10)12(7-16)8-17-15;1-5(2,3)4/h3-5,8,11,13,17H,6,9H2,1-2H3;. The van der Waals surface area contributed by atoms with E-state index in [1.807, 2.05) is 0 Å². The normalized spacial score (nSPS) is 20.0. The summed E-state index contributed by atoms with van der Waals surface area (Å²) in [6.45, 7) is 1.15. The second-order valence-electron chi connectivity index (χ2n) is 5.88. The highest BCUT2D eigenvalue weighted by Gasteiger charge is 2.38. The van der Waals surface area contributed by atoms with Crippen molar-refractivity contribution in [1.29, 1.82) is 5.26 Å². The zero-order valence-corrected chi connectivity index (χ0v) is 15.9. The first-order chi connectivity index (χ1) is 10.7. The molecule has 4 nitrogen and oxygen atoms in total. The summed E-state index contributed by atoms with van der Waals surface area (Å²) >= 11 is 13.8. The van der Waals surface area contributed by atoms with Crippen molar-refractivity contribution in [3.63, 3.8) is 0 Å². The van der Waals surface area contributed by atoms with E-state index < -0.39 is 5.20 Å². The maximum Gasteiger partial charge on any atom is 0.339 e. The smallest absolute Gasteiger partial charge is 0.339 e. The van der Waals surface area contributed by atoms with E-state index in [2.05, 4.69) is 82.0 Å². The number of halogens is 3. The maximum atomic E-state index is 9.51. The van der Waals surface area contributed by atoms with Crippen molar-refractivity contribution in [2.45, 2.75) is 12.3 Å². The molecule has 2 aromatic rings. The Hall–Kier alpha value is -0.690. The summed E-state index contributed by atoms with van der Waals surface area (Å²) in [7, 11) is 4.25. The molecule has 0 bridgehead atoms. The molecule has 1 aliphatic carbocycles. The van der Waals surface area contributed by atoms with Crippen LogP contribution in [-0.4, -0.2) is 30.5 Å². The molecule has 1 aliphatic rings. The Balaban J connectivity index is 0.000000338. The van der Waals surface area contributed by atoms with Gasteiger partial charge in [-0.25, -0.2) is 0 Å².